The van der Waals surface area contributed by atoms with Gasteiger partial charge in [0.15, 0.2) is 11.5 Å². The number of anilines is 2. The van der Waals surface area contributed by atoms with E-state index in [1.165, 1.54) is 0 Å². The van der Waals surface area contributed by atoms with Gasteiger partial charge in [-0.3, -0.25) is 4.79 Å². The van der Waals surface area contributed by atoms with Crippen molar-refractivity contribution in [3.8, 4) is 23.0 Å². The molecule has 0 aliphatic rings. The number of rotatable bonds is 8. The Kier molecular flexibility index (Phi) is 6.58. The minimum absolute atomic E-state index is 0.163. The predicted molar refractivity (Wildman–Crippen MR) is 114 cm³/mol. The Bertz CT molecular complexity index is 957. The van der Waals surface area contributed by atoms with Crippen molar-refractivity contribution in [1.82, 2.24) is 0 Å². The van der Waals surface area contributed by atoms with Crippen molar-refractivity contribution in [2.24, 2.45) is 0 Å². The highest BCUT2D eigenvalue weighted by molar-refractivity contribution is 5.97. The molecule has 3 rings (SSSR count). The summed E-state index contributed by atoms with van der Waals surface area (Å²) in [5.74, 6) is 2.43. The van der Waals surface area contributed by atoms with Gasteiger partial charge in [-0.25, -0.2) is 0 Å². The van der Waals surface area contributed by atoms with Gasteiger partial charge in [-0.05, 0) is 55.5 Å². The average molecular weight is 392 g/mol. The van der Waals surface area contributed by atoms with E-state index in [4.69, 9.17) is 14.2 Å². The van der Waals surface area contributed by atoms with Crippen LogP contribution in [0.1, 0.15) is 6.92 Å². The molecule has 150 valence electrons. The van der Waals surface area contributed by atoms with Gasteiger partial charge in [0.2, 0.25) is 5.91 Å². The van der Waals surface area contributed by atoms with Crippen LogP contribution in [-0.2, 0) is 4.79 Å². The van der Waals surface area contributed by atoms with E-state index >= 15 is 0 Å². The molecular formula is C23H24N2O4. The topological polar surface area (TPSA) is 68.8 Å². The van der Waals surface area contributed by atoms with E-state index in [2.05, 4.69) is 10.6 Å². The van der Waals surface area contributed by atoms with Crippen LogP contribution in [-0.4, -0.2) is 26.2 Å². The number of hydrogen-bond acceptors (Lipinski definition) is 5. The fraction of sp³-hybridized carbons (Fsp3) is 0.174. The smallest absolute Gasteiger partial charge is 0.246 e. The molecule has 0 aromatic heterocycles. The average Bonchev–Trinajstić information content (AvgIpc) is 2.75. The second kappa shape index (κ2) is 9.50. The number of carbonyl (C=O) groups excluding carboxylic acids is 1. The van der Waals surface area contributed by atoms with Crippen LogP contribution in [0.15, 0.2) is 72.8 Å². The Morgan fingerprint density at radius 2 is 1.38 bits per heavy atom. The highest BCUT2D eigenvalue weighted by atomic mass is 16.5. The number of hydrogen-bond donors (Lipinski definition) is 2. The first-order chi connectivity index (χ1) is 14.1. The standard InChI is InChI=1S/C23H24N2O4/c1-16(23(26)25-19-8-4-5-9-20(19)27-2)24-17-12-14-18(15-13-17)29-22-11-7-6-10-21(22)28-3/h4-16,24H,1-3H3,(H,25,26). The van der Waals surface area contributed by atoms with Crippen LogP contribution in [0.25, 0.3) is 0 Å². The van der Waals surface area contributed by atoms with Gasteiger partial charge in [-0.15, -0.1) is 0 Å². The summed E-state index contributed by atoms with van der Waals surface area (Å²) >= 11 is 0. The van der Waals surface area contributed by atoms with Crippen LogP contribution in [0.2, 0.25) is 0 Å². The molecule has 2 N–H and O–H groups in total. The van der Waals surface area contributed by atoms with Crippen LogP contribution in [0.3, 0.4) is 0 Å². The van der Waals surface area contributed by atoms with E-state index in [-0.39, 0.29) is 5.91 Å². The summed E-state index contributed by atoms with van der Waals surface area (Å²) in [4.78, 5) is 12.5. The SMILES string of the molecule is COc1ccccc1NC(=O)C(C)Nc1ccc(Oc2ccccc2OC)cc1. The molecular weight excluding hydrogens is 368 g/mol. The van der Waals surface area contributed by atoms with Gasteiger partial charge < -0.3 is 24.8 Å². The molecule has 3 aromatic rings. The molecule has 0 saturated carbocycles. The third kappa shape index (κ3) is 5.19. The van der Waals surface area contributed by atoms with E-state index in [0.717, 1.165) is 5.69 Å². The van der Waals surface area contributed by atoms with E-state index in [1.54, 1.807) is 33.3 Å². The van der Waals surface area contributed by atoms with Gasteiger partial charge in [0.25, 0.3) is 0 Å². The Hall–Kier alpha value is -3.67. The largest absolute Gasteiger partial charge is 0.495 e. The van der Waals surface area contributed by atoms with Crippen molar-refractivity contribution in [2.45, 2.75) is 13.0 Å². The summed E-state index contributed by atoms with van der Waals surface area (Å²) in [6.45, 7) is 1.80. The Morgan fingerprint density at radius 3 is 2.03 bits per heavy atom. The van der Waals surface area contributed by atoms with Crippen LogP contribution < -0.4 is 24.8 Å². The summed E-state index contributed by atoms with van der Waals surface area (Å²) in [5.41, 5.74) is 1.44. The van der Waals surface area contributed by atoms with E-state index in [0.29, 0.717) is 28.7 Å². The first-order valence-electron chi connectivity index (χ1n) is 9.22. The number of methoxy groups -OCH3 is 2. The highest BCUT2D eigenvalue weighted by Crippen LogP contribution is 2.31. The maximum absolute atomic E-state index is 12.5. The summed E-state index contributed by atoms with van der Waals surface area (Å²) < 4.78 is 16.4. The van der Waals surface area contributed by atoms with Gasteiger partial charge in [-0.1, -0.05) is 24.3 Å². The summed E-state index contributed by atoms with van der Waals surface area (Å²) in [6, 6.07) is 21.7. The molecule has 0 heterocycles. The van der Waals surface area contributed by atoms with Gasteiger partial charge in [0, 0.05) is 5.69 Å². The lowest BCUT2D eigenvalue weighted by Gasteiger charge is -2.17. The van der Waals surface area contributed by atoms with Gasteiger partial charge in [-0.2, -0.15) is 0 Å². The lowest BCUT2D eigenvalue weighted by molar-refractivity contribution is -0.116. The van der Waals surface area contributed by atoms with Crippen LogP contribution in [0.5, 0.6) is 23.0 Å². The highest BCUT2D eigenvalue weighted by Gasteiger charge is 2.15. The van der Waals surface area contributed by atoms with E-state index < -0.39 is 6.04 Å². The van der Waals surface area contributed by atoms with Gasteiger partial charge in [0.05, 0.1) is 19.9 Å². The molecule has 0 aliphatic carbocycles. The molecule has 1 unspecified atom stereocenters. The molecule has 3 aromatic carbocycles. The summed E-state index contributed by atoms with van der Waals surface area (Å²) in [7, 11) is 3.17. The van der Waals surface area contributed by atoms with Crippen LogP contribution in [0, 0.1) is 0 Å². The molecule has 0 saturated heterocycles. The molecule has 0 fully saturated rings. The lowest BCUT2D eigenvalue weighted by atomic mass is 10.2. The maximum atomic E-state index is 12.5. The Morgan fingerprint density at radius 1 is 0.793 bits per heavy atom. The third-order valence-corrected chi connectivity index (χ3v) is 4.29. The fourth-order valence-electron chi connectivity index (χ4n) is 2.75. The monoisotopic (exact) mass is 392 g/mol. The summed E-state index contributed by atoms with van der Waals surface area (Å²) in [6.07, 6.45) is 0. The second-order valence-corrected chi connectivity index (χ2v) is 6.33. The van der Waals surface area contributed by atoms with Crippen LogP contribution in [0.4, 0.5) is 11.4 Å². The molecule has 0 aliphatic heterocycles. The quantitative estimate of drug-likeness (QED) is 0.569. The zero-order chi connectivity index (χ0) is 20.6. The fourth-order valence-corrected chi connectivity index (χ4v) is 2.75. The van der Waals surface area contributed by atoms with Crippen molar-refractivity contribution in [3.63, 3.8) is 0 Å². The maximum Gasteiger partial charge on any atom is 0.246 e. The van der Waals surface area contributed by atoms with E-state index in [1.807, 2.05) is 60.7 Å². The number of carbonyl (C=O) groups is 1. The molecule has 6 heteroatoms. The first-order valence-corrected chi connectivity index (χ1v) is 9.22. The minimum Gasteiger partial charge on any atom is -0.495 e. The van der Waals surface area contributed by atoms with Gasteiger partial charge in [0.1, 0.15) is 17.5 Å². The second-order valence-electron chi connectivity index (χ2n) is 6.33. The molecule has 0 bridgehead atoms. The molecule has 0 radical (unpaired) electrons. The molecule has 6 nitrogen and oxygen atoms in total. The van der Waals surface area contributed by atoms with Crippen molar-refractivity contribution in [3.05, 3.63) is 72.8 Å². The molecule has 1 amide bonds. The molecule has 29 heavy (non-hydrogen) atoms. The van der Waals surface area contributed by atoms with Crippen molar-refractivity contribution < 1.29 is 19.0 Å². The minimum atomic E-state index is -0.444. The van der Waals surface area contributed by atoms with Crippen LogP contribution >= 0.6 is 0 Å². The number of amides is 1. The van der Waals surface area contributed by atoms with Gasteiger partial charge >= 0.3 is 0 Å². The number of nitrogens with one attached hydrogen (secondary N) is 2. The molecule has 1 atom stereocenters. The Balaban J connectivity index is 1.61. The zero-order valence-corrected chi connectivity index (χ0v) is 16.6. The zero-order valence-electron chi connectivity index (χ0n) is 16.6. The summed E-state index contributed by atoms with van der Waals surface area (Å²) in [5, 5.41) is 6.05. The Labute approximate surface area is 170 Å². The lowest BCUT2D eigenvalue weighted by Crippen LogP contribution is -2.31. The van der Waals surface area contributed by atoms with Crippen molar-refractivity contribution in [2.75, 3.05) is 24.9 Å². The normalized spacial score (nSPS) is 11.3. The third-order valence-electron chi connectivity index (χ3n) is 4.29. The van der Waals surface area contributed by atoms with E-state index in [9.17, 15) is 4.79 Å². The number of para-hydroxylation sites is 4. The van der Waals surface area contributed by atoms with Crippen molar-refractivity contribution >= 4 is 17.3 Å². The molecule has 0 spiro atoms. The number of benzene rings is 3. The first kappa shape index (κ1) is 20.1. The predicted octanol–water partition coefficient (Wildman–Crippen LogP) is 4.94. The van der Waals surface area contributed by atoms with Crippen molar-refractivity contribution in [1.29, 1.82) is 0 Å². The number of ether oxygens (including phenoxy) is 3.